The van der Waals surface area contributed by atoms with E-state index in [0.29, 0.717) is 6.42 Å². The summed E-state index contributed by atoms with van der Waals surface area (Å²) >= 11 is 8.31. The fourth-order valence-corrected chi connectivity index (χ4v) is 3.73. The summed E-state index contributed by atoms with van der Waals surface area (Å²) in [5.41, 5.74) is 3.22. The highest BCUT2D eigenvalue weighted by molar-refractivity contribution is 7.12. The van der Waals surface area contributed by atoms with Crippen LogP contribution >= 0.6 is 22.9 Å². The summed E-state index contributed by atoms with van der Waals surface area (Å²) in [5.74, 6) is 0.104. The number of aryl methyl sites for hydroxylation is 2. The van der Waals surface area contributed by atoms with Crippen LogP contribution in [-0.4, -0.2) is 5.91 Å². The standard InChI is InChI=1S/C16H16ClNOS/c1-10-5-8-14(20-10)16(17)12-6-7-13-11(9-12)3-2-4-15(19)18-13/h5-9,16H,2-4H2,1H3,(H,18,19). The molecule has 1 aliphatic rings. The molecule has 1 N–H and O–H groups in total. The highest BCUT2D eigenvalue weighted by atomic mass is 35.5. The average molecular weight is 306 g/mol. The minimum atomic E-state index is -0.113. The Morgan fingerprint density at radius 1 is 1.25 bits per heavy atom. The largest absolute Gasteiger partial charge is 0.326 e. The number of hydrogen-bond donors (Lipinski definition) is 1. The second-order valence-corrected chi connectivity index (χ2v) is 6.89. The van der Waals surface area contributed by atoms with E-state index in [-0.39, 0.29) is 11.3 Å². The maximum atomic E-state index is 11.6. The summed E-state index contributed by atoms with van der Waals surface area (Å²) in [4.78, 5) is 14.0. The second kappa shape index (κ2) is 5.58. The van der Waals surface area contributed by atoms with Gasteiger partial charge >= 0.3 is 0 Å². The van der Waals surface area contributed by atoms with E-state index in [4.69, 9.17) is 11.6 Å². The fraction of sp³-hybridized carbons (Fsp3) is 0.312. The summed E-state index contributed by atoms with van der Waals surface area (Å²) < 4.78 is 0. The molecule has 20 heavy (non-hydrogen) atoms. The highest BCUT2D eigenvalue weighted by Gasteiger charge is 2.17. The van der Waals surface area contributed by atoms with Gasteiger partial charge in [0.1, 0.15) is 0 Å². The van der Waals surface area contributed by atoms with Gasteiger partial charge in [-0.2, -0.15) is 0 Å². The van der Waals surface area contributed by atoms with Crippen molar-refractivity contribution in [3.05, 3.63) is 51.2 Å². The van der Waals surface area contributed by atoms with Crippen molar-refractivity contribution in [2.75, 3.05) is 5.32 Å². The number of rotatable bonds is 2. The van der Waals surface area contributed by atoms with Gasteiger partial charge in [0.05, 0.1) is 5.38 Å². The molecule has 0 spiro atoms. The fourth-order valence-electron chi connectivity index (χ4n) is 2.51. The SMILES string of the molecule is Cc1ccc(C(Cl)c2ccc3c(c2)CCCC(=O)N3)s1. The number of halogens is 1. The summed E-state index contributed by atoms with van der Waals surface area (Å²) in [6, 6.07) is 10.3. The maximum absolute atomic E-state index is 11.6. The van der Waals surface area contributed by atoms with Crippen LogP contribution in [0.4, 0.5) is 5.69 Å². The molecule has 0 bridgehead atoms. The van der Waals surface area contributed by atoms with Gasteiger partial charge in [0.2, 0.25) is 5.91 Å². The molecule has 0 saturated carbocycles. The first kappa shape index (κ1) is 13.7. The molecule has 0 fully saturated rings. The van der Waals surface area contributed by atoms with Crippen LogP contribution in [0.25, 0.3) is 0 Å². The van der Waals surface area contributed by atoms with Gasteiger partial charge in [-0.15, -0.1) is 22.9 Å². The molecule has 1 amide bonds. The number of carbonyl (C=O) groups excluding carboxylic acids is 1. The number of hydrogen-bond acceptors (Lipinski definition) is 2. The predicted molar refractivity (Wildman–Crippen MR) is 84.8 cm³/mol. The molecule has 1 unspecified atom stereocenters. The van der Waals surface area contributed by atoms with Crippen LogP contribution in [0.5, 0.6) is 0 Å². The molecule has 2 nitrogen and oxygen atoms in total. The zero-order chi connectivity index (χ0) is 14.1. The van der Waals surface area contributed by atoms with Gasteiger partial charge in [0, 0.05) is 21.9 Å². The number of carbonyl (C=O) groups is 1. The highest BCUT2D eigenvalue weighted by Crippen LogP contribution is 2.35. The third kappa shape index (κ3) is 2.74. The van der Waals surface area contributed by atoms with Gasteiger partial charge in [0.25, 0.3) is 0 Å². The van der Waals surface area contributed by atoms with Crippen LogP contribution in [0.1, 0.15) is 39.1 Å². The van der Waals surface area contributed by atoms with Crippen LogP contribution in [0.15, 0.2) is 30.3 Å². The summed E-state index contributed by atoms with van der Waals surface area (Å²) in [5, 5.41) is 2.84. The summed E-state index contributed by atoms with van der Waals surface area (Å²) in [7, 11) is 0. The number of anilines is 1. The lowest BCUT2D eigenvalue weighted by atomic mass is 10.0. The molecule has 1 aromatic carbocycles. The lowest BCUT2D eigenvalue weighted by Crippen LogP contribution is -2.09. The number of fused-ring (bicyclic) bond motifs is 1. The van der Waals surface area contributed by atoms with Gasteiger partial charge < -0.3 is 5.32 Å². The number of amides is 1. The van der Waals surface area contributed by atoms with E-state index in [2.05, 4.69) is 30.4 Å². The van der Waals surface area contributed by atoms with E-state index in [1.807, 2.05) is 12.1 Å². The van der Waals surface area contributed by atoms with E-state index >= 15 is 0 Å². The molecule has 2 heterocycles. The van der Waals surface area contributed by atoms with Crippen molar-refractivity contribution < 1.29 is 4.79 Å². The summed E-state index contributed by atoms with van der Waals surface area (Å²) in [6.45, 7) is 2.09. The zero-order valence-electron chi connectivity index (χ0n) is 11.3. The van der Waals surface area contributed by atoms with E-state index in [1.54, 1.807) is 11.3 Å². The van der Waals surface area contributed by atoms with Crippen molar-refractivity contribution in [1.29, 1.82) is 0 Å². The first-order chi connectivity index (χ1) is 9.63. The van der Waals surface area contributed by atoms with E-state index < -0.39 is 0 Å². The minimum Gasteiger partial charge on any atom is -0.326 e. The van der Waals surface area contributed by atoms with Crippen LogP contribution in [0, 0.1) is 6.92 Å². The molecule has 104 valence electrons. The van der Waals surface area contributed by atoms with Crippen molar-refractivity contribution in [1.82, 2.24) is 0 Å². The average Bonchev–Trinajstić information content (AvgIpc) is 2.77. The third-order valence-electron chi connectivity index (χ3n) is 3.56. The molecular weight excluding hydrogens is 290 g/mol. The Balaban J connectivity index is 1.92. The Morgan fingerprint density at radius 2 is 2.10 bits per heavy atom. The Hall–Kier alpha value is -1.32. The van der Waals surface area contributed by atoms with E-state index in [9.17, 15) is 4.79 Å². The van der Waals surface area contributed by atoms with Gasteiger partial charge in [-0.3, -0.25) is 4.79 Å². The van der Waals surface area contributed by atoms with Crippen molar-refractivity contribution in [2.24, 2.45) is 0 Å². The monoisotopic (exact) mass is 305 g/mol. The molecule has 1 atom stereocenters. The van der Waals surface area contributed by atoms with Crippen molar-refractivity contribution >= 4 is 34.5 Å². The number of thiophene rings is 1. The van der Waals surface area contributed by atoms with Crippen molar-refractivity contribution in [2.45, 2.75) is 31.6 Å². The topological polar surface area (TPSA) is 29.1 Å². The number of benzene rings is 1. The predicted octanol–water partition coefficient (Wildman–Crippen LogP) is 4.66. The van der Waals surface area contributed by atoms with Crippen LogP contribution in [0.2, 0.25) is 0 Å². The van der Waals surface area contributed by atoms with Gasteiger partial charge in [-0.25, -0.2) is 0 Å². The lowest BCUT2D eigenvalue weighted by Gasteiger charge is -2.12. The van der Waals surface area contributed by atoms with Crippen molar-refractivity contribution in [3.8, 4) is 0 Å². The smallest absolute Gasteiger partial charge is 0.224 e. The Labute approximate surface area is 127 Å². The normalized spacial score (nSPS) is 16.2. The quantitative estimate of drug-likeness (QED) is 0.803. The molecular formula is C16H16ClNOS. The van der Waals surface area contributed by atoms with Gasteiger partial charge in [-0.1, -0.05) is 12.1 Å². The molecule has 0 aliphatic carbocycles. The maximum Gasteiger partial charge on any atom is 0.224 e. The Morgan fingerprint density at radius 3 is 2.85 bits per heavy atom. The first-order valence-electron chi connectivity index (χ1n) is 6.76. The third-order valence-corrected chi connectivity index (χ3v) is 5.24. The molecule has 0 radical (unpaired) electrons. The Bertz CT molecular complexity index is 650. The zero-order valence-corrected chi connectivity index (χ0v) is 12.9. The van der Waals surface area contributed by atoms with Gasteiger partial charge in [0.15, 0.2) is 0 Å². The van der Waals surface area contributed by atoms with E-state index in [1.165, 1.54) is 15.3 Å². The van der Waals surface area contributed by atoms with Crippen LogP contribution < -0.4 is 5.32 Å². The van der Waals surface area contributed by atoms with E-state index in [0.717, 1.165) is 24.1 Å². The molecule has 0 saturated heterocycles. The number of alkyl halides is 1. The second-order valence-electron chi connectivity index (χ2n) is 5.13. The summed E-state index contributed by atoms with van der Waals surface area (Å²) in [6.07, 6.45) is 2.42. The lowest BCUT2D eigenvalue weighted by molar-refractivity contribution is -0.116. The molecule has 2 aromatic rings. The Kier molecular flexibility index (Phi) is 3.81. The minimum absolute atomic E-state index is 0.104. The first-order valence-corrected chi connectivity index (χ1v) is 8.02. The molecule has 3 rings (SSSR count). The number of nitrogens with one attached hydrogen (secondary N) is 1. The van der Waals surface area contributed by atoms with Crippen LogP contribution in [-0.2, 0) is 11.2 Å². The molecule has 1 aromatic heterocycles. The molecule has 1 aliphatic heterocycles. The van der Waals surface area contributed by atoms with Crippen molar-refractivity contribution in [3.63, 3.8) is 0 Å². The van der Waals surface area contributed by atoms with Crippen LogP contribution in [0.3, 0.4) is 0 Å². The molecule has 4 heteroatoms. The van der Waals surface area contributed by atoms with Gasteiger partial charge in [-0.05, 0) is 49.1 Å².